The summed E-state index contributed by atoms with van der Waals surface area (Å²) in [7, 11) is 0. The first-order valence-corrected chi connectivity index (χ1v) is 7.02. The second-order valence-corrected chi connectivity index (χ2v) is 6.74. The van der Waals surface area contributed by atoms with Gasteiger partial charge >= 0.3 is 0 Å². The third-order valence-corrected chi connectivity index (χ3v) is 4.24. The molecule has 0 saturated carbocycles. The molecule has 0 radical (unpaired) electrons. The Kier molecular flexibility index (Phi) is 4.98. The van der Waals surface area contributed by atoms with Crippen molar-refractivity contribution < 1.29 is 0 Å². The van der Waals surface area contributed by atoms with E-state index in [1.165, 1.54) is 16.7 Å². The average Bonchev–Trinajstić information content (AvgIpc) is 2.27. The van der Waals surface area contributed by atoms with Crippen molar-refractivity contribution in [1.29, 1.82) is 0 Å². The molecule has 0 aliphatic heterocycles. The summed E-state index contributed by atoms with van der Waals surface area (Å²) in [5.41, 5.74) is 4.51. The maximum Gasteiger partial charge on any atom is 0.0292 e. The Hall–Kier alpha value is -0.820. The van der Waals surface area contributed by atoms with E-state index in [1.807, 2.05) is 0 Å². The molecule has 1 heteroatoms. The first-order chi connectivity index (χ1) is 8.21. The van der Waals surface area contributed by atoms with Crippen LogP contribution in [0, 0.1) is 25.2 Å². The van der Waals surface area contributed by atoms with Crippen molar-refractivity contribution >= 4 is 0 Å². The summed E-state index contributed by atoms with van der Waals surface area (Å²) in [5.74, 6) is 0.673. The van der Waals surface area contributed by atoms with Gasteiger partial charge in [-0.1, -0.05) is 45.9 Å². The van der Waals surface area contributed by atoms with E-state index in [4.69, 9.17) is 0 Å². The molecule has 1 N–H and O–H groups in total. The monoisotopic (exact) mass is 247 g/mol. The van der Waals surface area contributed by atoms with Crippen LogP contribution in [0.1, 0.15) is 57.4 Å². The van der Waals surface area contributed by atoms with E-state index in [0.717, 1.165) is 6.54 Å². The van der Waals surface area contributed by atoms with Crippen LogP contribution in [0.5, 0.6) is 0 Å². The fourth-order valence-electron chi connectivity index (χ4n) is 1.81. The van der Waals surface area contributed by atoms with Gasteiger partial charge in [-0.3, -0.25) is 0 Å². The molecule has 0 aliphatic carbocycles. The fourth-order valence-corrected chi connectivity index (χ4v) is 1.81. The van der Waals surface area contributed by atoms with Gasteiger partial charge in [0, 0.05) is 6.04 Å². The van der Waals surface area contributed by atoms with Crippen molar-refractivity contribution in [2.75, 3.05) is 6.54 Å². The lowest BCUT2D eigenvalue weighted by Gasteiger charge is -2.29. The number of nitrogens with one attached hydrogen (secondary N) is 1. The second kappa shape index (κ2) is 5.88. The van der Waals surface area contributed by atoms with E-state index < -0.39 is 0 Å². The number of benzene rings is 1. The molecule has 0 fully saturated rings. The Balaban J connectivity index is 2.60. The highest BCUT2D eigenvalue weighted by atomic mass is 14.9. The van der Waals surface area contributed by atoms with E-state index in [0.29, 0.717) is 17.4 Å². The van der Waals surface area contributed by atoms with Crippen molar-refractivity contribution in [2.45, 2.75) is 54.5 Å². The molecule has 1 aromatic rings. The first kappa shape index (κ1) is 15.2. The molecular weight excluding hydrogens is 218 g/mol. The van der Waals surface area contributed by atoms with Gasteiger partial charge in [-0.15, -0.1) is 0 Å². The van der Waals surface area contributed by atoms with E-state index in [-0.39, 0.29) is 0 Å². The number of hydrogen-bond acceptors (Lipinski definition) is 1. The predicted molar refractivity (Wildman–Crippen MR) is 81.0 cm³/mol. The molecular formula is C17H29N. The van der Waals surface area contributed by atoms with Gasteiger partial charge in [-0.2, -0.15) is 0 Å². The highest BCUT2D eigenvalue weighted by Gasteiger charge is 2.20. The zero-order valence-corrected chi connectivity index (χ0v) is 13.1. The second-order valence-electron chi connectivity index (χ2n) is 6.74. The topological polar surface area (TPSA) is 12.0 Å². The summed E-state index contributed by atoms with van der Waals surface area (Å²) in [4.78, 5) is 0. The lowest BCUT2D eigenvalue weighted by molar-refractivity contribution is 0.247. The highest BCUT2D eigenvalue weighted by Crippen LogP contribution is 2.25. The zero-order valence-electron chi connectivity index (χ0n) is 13.1. The van der Waals surface area contributed by atoms with E-state index in [2.05, 4.69) is 72.0 Å². The van der Waals surface area contributed by atoms with Crippen LogP contribution in [0.4, 0.5) is 0 Å². The SMILES string of the molecule is Cc1ccc(C(C)NCC(C)C(C)(C)C)cc1C. The minimum atomic E-state index is 0.371. The third-order valence-electron chi connectivity index (χ3n) is 4.24. The zero-order chi connectivity index (χ0) is 13.9. The first-order valence-electron chi connectivity index (χ1n) is 7.02. The Morgan fingerprint density at radius 3 is 2.17 bits per heavy atom. The molecule has 0 heterocycles. The summed E-state index contributed by atoms with van der Waals surface area (Å²) < 4.78 is 0. The summed E-state index contributed by atoms with van der Waals surface area (Å²) in [6.45, 7) is 16.9. The molecule has 0 aromatic heterocycles. The Morgan fingerprint density at radius 1 is 1.06 bits per heavy atom. The third kappa shape index (κ3) is 4.13. The number of rotatable bonds is 4. The van der Waals surface area contributed by atoms with Gasteiger partial charge in [-0.25, -0.2) is 0 Å². The molecule has 102 valence electrons. The van der Waals surface area contributed by atoms with Gasteiger partial charge in [0.15, 0.2) is 0 Å². The van der Waals surface area contributed by atoms with Crippen LogP contribution in [0.25, 0.3) is 0 Å². The molecule has 0 amide bonds. The van der Waals surface area contributed by atoms with Crippen LogP contribution < -0.4 is 5.32 Å². The van der Waals surface area contributed by atoms with Crippen molar-refractivity contribution in [3.63, 3.8) is 0 Å². The summed E-state index contributed by atoms with van der Waals surface area (Å²) in [6.07, 6.45) is 0. The van der Waals surface area contributed by atoms with Crippen LogP contribution in [0.15, 0.2) is 18.2 Å². The van der Waals surface area contributed by atoms with Gasteiger partial charge in [-0.05, 0) is 55.3 Å². The molecule has 2 atom stereocenters. The van der Waals surface area contributed by atoms with Crippen molar-refractivity contribution in [1.82, 2.24) is 5.32 Å². The maximum atomic E-state index is 3.65. The standard InChI is InChI=1S/C17H29N/c1-12-8-9-16(10-13(12)2)15(4)18-11-14(3)17(5,6)7/h8-10,14-15,18H,11H2,1-7H3. The normalized spacial score (nSPS) is 15.5. The minimum absolute atomic E-state index is 0.371. The summed E-state index contributed by atoms with van der Waals surface area (Å²) >= 11 is 0. The molecule has 0 saturated heterocycles. The minimum Gasteiger partial charge on any atom is -0.310 e. The van der Waals surface area contributed by atoms with Gasteiger partial charge < -0.3 is 5.32 Å². The average molecular weight is 247 g/mol. The van der Waals surface area contributed by atoms with Crippen molar-refractivity contribution in [2.24, 2.45) is 11.3 Å². The van der Waals surface area contributed by atoms with Crippen molar-refractivity contribution in [3.05, 3.63) is 34.9 Å². The molecule has 1 nitrogen and oxygen atoms in total. The highest BCUT2D eigenvalue weighted by molar-refractivity contribution is 5.31. The maximum absolute atomic E-state index is 3.65. The van der Waals surface area contributed by atoms with Gasteiger partial charge in [0.05, 0.1) is 0 Å². The fraction of sp³-hybridized carbons (Fsp3) is 0.647. The van der Waals surface area contributed by atoms with Crippen LogP contribution in [0.2, 0.25) is 0 Å². The molecule has 18 heavy (non-hydrogen) atoms. The van der Waals surface area contributed by atoms with E-state index in [9.17, 15) is 0 Å². The van der Waals surface area contributed by atoms with Gasteiger partial charge in [0.1, 0.15) is 0 Å². The van der Waals surface area contributed by atoms with Crippen LogP contribution in [-0.4, -0.2) is 6.54 Å². The number of aryl methyl sites for hydroxylation is 2. The predicted octanol–water partition coefficient (Wildman–Crippen LogP) is 4.64. The van der Waals surface area contributed by atoms with Gasteiger partial charge in [0.2, 0.25) is 0 Å². The Labute approximate surface area is 113 Å². The van der Waals surface area contributed by atoms with E-state index >= 15 is 0 Å². The summed E-state index contributed by atoms with van der Waals surface area (Å²) in [6, 6.07) is 7.18. The Bertz CT molecular complexity index is 387. The van der Waals surface area contributed by atoms with Crippen LogP contribution in [0.3, 0.4) is 0 Å². The van der Waals surface area contributed by atoms with Crippen molar-refractivity contribution in [3.8, 4) is 0 Å². The smallest absolute Gasteiger partial charge is 0.0292 e. The Morgan fingerprint density at radius 2 is 1.67 bits per heavy atom. The molecule has 0 spiro atoms. The van der Waals surface area contributed by atoms with Gasteiger partial charge in [0.25, 0.3) is 0 Å². The molecule has 0 aliphatic rings. The quantitative estimate of drug-likeness (QED) is 0.817. The number of hydrogen-bond donors (Lipinski definition) is 1. The lowest BCUT2D eigenvalue weighted by Crippen LogP contribution is -2.31. The molecule has 0 bridgehead atoms. The largest absolute Gasteiger partial charge is 0.310 e. The lowest BCUT2D eigenvalue weighted by atomic mass is 9.82. The van der Waals surface area contributed by atoms with Crippen LogP contribution in [-0.2, 0) is 0 Å². The summed E-state index contributed by atoms with van der Waals surface area (Å²) in [5, 5.41) is 3.65. The molecule has 1 rings (SSSR count). The van der Waals surface area contributed by atoms with E-state index in [1.54, 1.807) is 0 Å². The van der Waals surface area contributed by atoms with Crippen LogP contribution >= 0.6 is 0 Å². The molecule has 2 unspecified atom stereocenters. The molecule has 1 aromatic carbocycles.